The van der Waals surface area contributed by atoms with Gasteiger partial charge in [0.05, 0.1) is 17.1 Å². The van der Waals surface area contributed by atoms with Gasteiger partial charge in [0, 0.05) is 20.2 Å². The summed E-state index contributed by atoms with van der Waals surface area (Å²) in [6, 6.07) is 9.68. The Hall–Kier alpha value is -2.69. The van der Waals surface area contributed by atoms with E-state index in [4.69, 9.17) is 0 Å². The molecule has 0 aliphatic carbocycles. The predicted molar refractivity (Wildman–Crippen MR) is 89.9 cm³/mol. The summed E-state index contributed by atoms with van der Waals surface area (Å²) in [6.07, 6.45) is 3.28. The number of benzene rings is 1. The van der Waals surface area contributed by atoms with Gasteiger partial charge in [-0.05, 0) is 25.5 Å². The summed E-state index contributed by atoms with van der Waals surface area (Å²) in [5.41, 5.74) is 3.13. The Balaban J connectivity index is 2.14. The summed E-state index contributed by atoms with van der Waals surface area (Å²) in [7, 11) is 3.77. The molecule has 1 aromatic carbocycles. The number of amides is 1. The molecule has 22 heavy (non-hydrogen) atoms. The van der Waals surface area contributed by atoms with Crippen LogP contribution in [-0.4, -0.2) is 30.0 Å². The maximum absolute atomic E-state index is 12.0. The van der Waals surface area contributed by atoms with Crippen LogP contribution in [0.1, 0.15) is 17.0 Å². The standard InChI is InChI=1S/C17H20N4O/c1-12-16(13(2)19-17(18-12)21(3)4)20-15(22)11-10-14-8-6-5-7-9-14/h5-11H,1-4H3,(H,20,22)/b11-10+. The minimum Gasteiger partial charge on any atom is -0.347 e. The molecule has 0 bridgehead atoms. The van der Waals surface area contributed by atoms with Crippen molar-refractivity contribution in [1.82, 2.24) is 9.97 Å². The molecule has 0 aliphatic rings. The van der Waals surface area contributed by atoms with E-state index in [0.29, 0.717) is 11.6 Å². The molecule has 2 aromatic rings. The first-order chi connectivity index (χ1) is 10.5. The number of nitrogens with zero attached hydrogens (tertiary/aromatic N) is 3. The van der Waals surface area contributed by atoms with E-state index in [0.717, 1.165) is 17.0 Å². The van der Waals surface area contributed by atoms with Crippen LogP contribution in [0.2, 0.25) is 0 Å². The SMILES string of the molecule is Cc1nc(N(C)C)nc(C)c1NC(=O)/C=C/c1ccccc1. The Morgan fingerprint density at radius 2 is 1.68 bits per heavy atom. The van der Waals surface area contributed by atoms with Crippen molar-refractivity contribution in [2.75, 3.05) is 24.3 Å². The molecule has 0 radical (unpaired) electrons. The van der Waals surface area contributed by atoms with E-state index in [2.05, 4.69) is 15.3 Å². The molecule has 0 aliphatic heterocycles. The number of hydrogen-bond donors (Lipinski definition) is 1. The Bertz CT molecular complexity index is 670. The van der Waals surface area contributed by atoms with Gasteiger partial charge in [0.25, 0.3) is 0 Å². The fourth-order valence-corrected chi connectivity index (χ4v) is 1.98. The number of nitrogens with one attached hydrogen (secondary N) is 1. The summed E-state index contributed by atoms with van der Waals surface area (Å²) in [4.78, 5) is 22.6. The van der Waals surface area contributed by atoms with Gasteiger partial charge in [-0.2, -0.15) is 0 Å². The van der Waals surface area contributed by atoms with Crippen molar-refractivity contribution in [3.8, 4) is 0 Å². The highest BCUT2D eigenvalue weighted by Crippen LogP contribution is 2.19. The van der Waals surface area contributed by atoms with Crippen LogP contribution in [-0.2, 0) is 4.79 Å². The van der Waals surface area contributed by atoms with Crippen molar-refractivity contribution in [3.05, 3.63) is 53.4 Å². The van der Waals surface area contributed by atoms with Crippen LogP contribution in [0.15, 0.2) is 36.4 Å². The van der Waals surface area contributed by atoms with Crippen molar-refractivity contribution in [3.63, 3.8) is 0 Å². The first kappa shape index (κ1) is 15.7. The molecule has 114 valence electrons. The third kappa shape index (κ3) is 3.91. The summed E-state index contributed by atoms with van der Waals surface area (Å²) in [5, 5.41) is 2.85. The van der Waals surface area contributed by atoms with E-state index >= 15 is 0 Å². The summed E-state index contributed by atoms with van der Waals surface area (Å²) in [5.74, 6) is 0.434. The van der Waals surface area contributed by atoms with Gasteiger partial charge in [-0.15, -0.1) is 0 Å². The lowest BCUT2D eigenvalue weighted by Gasteiger charge is -2.15. The molecular weight excluding hydrogens is 276 g/mol. The first-order valence-electron chi connectivity index (χ1n) is 7.04. The summed E-state index contributed by atoms with van der Waals surface area (Å²) in [6.45, 7) is 3.72. The average molecular weight is 296 g/mol. The van der Waals surface area contributed by atoms with Crippen molar-refractivity contribution in [2.45, 2.75) is 13.8 Å². The zero-order valence-electron chi connectivity index (χ0n) is 13.3. The molecule has 0 saturated heterocycles. The van der Waals surface area contributed by atoms with E-state index in [1.54, 1.807) is 6.08 Å². The molecule has 2 rings (SSSR count). The highest BCUT2D eigenvalue weighted by atomic mass is 16.1. The van der Waals surface area contributed by atoms with Gasteiger partial charge >= 0.3 is 0 Å². The van der Waals surface area contributed by atoms with Crippen LogP contribution in [0.25, 0.3) is 6.08 Å². The molecule has 5 heteroatoms. The number of carbonyl (C=O) groups is 1. The van der Waals surface area contributed by atoms with Gasteiger partial charge < -0.3 is 10.2 Å². The van der Waals surface area contributed by atoms with Gasteiger partial charge in [-0.1, -0.05) is 30.3 Å². The molecule has 0 fully saturated rings. The molecular formula is C17H20N4O. The van der Waals surface area contributed by atoms with Crippen LogP contribution < -0.4 is 10.2 Å². The van der Waals surface area contributed by atoms with Crippen LogP contribution in [0, 0.1) is 13.8 Å². The third-order valence-electron chi connectivity index (χ3n) is 3.13. The lowest BCUT2D eigenvalue weighted by Crippen LogP contribution is -2.17. The van der Waals surface area contributed by atoms with Crippen LogP contribution in [0.3, 0.4) is 0 Å². The monoisotopic (exact) mass is 296 g/mol. The fraction of sp³-hybridized carbons (Fsp3) is 0.235. The maximum atomic E-state index is 12.0. The van der Waals surface area contributed by atoms with Gasteiger partial charge in [0.1, 0.15) is 0 Å². The van der Waals surface area contributed by atoms with E-state index in [9.17, 15) is 4.79 Å². The predicted octanol–water partition coefficient (Wildman–Crippen LogP) is 2.81. The lowest BCUT2D eigenvalue weighted by atomic mass is 10.2. The van der Waals surface area contributed by atoms with Crippen LogP contribution >= 0.6 is 0 Å². The first-order valence-corrected chi connectivity index (χ1v) is 7.04. The Morgan fingerprint density at radius 3 is 2.23 bits per heavy atom. The summed E-state index contributed by atoms with van der Waals surface area (Å²) < 4.78 is 0. The molecule has 1 amide bonds. The van der Waals surface area contributed by atoms with Crippen molar-refractivity contribution >= 4 is 23.6 Å². The molecule has 0 saturated carbocycles. The number of rotatable bonds is 4. The van der Waals surface area contributed by atoms with Gasteiger partial charge in [-0.25, -0.2) is 9.97 Å². The van der Waals surface area contributed by atoms with Crippen LogP contribution in [0.5, 0.6) is 0 Å². The Kier molecular flexibility index (Phi) is 4.88. The van der Waals surface area contributed by atoms with E-state index < -0.39 is 0 Å². The van der Waals surface area contributed by atoms with Crippen molar-refractivity contribution in [1.29, 1.82) is 0 Å². The number of hydrogen-bond acceptors (Lipinski definition) is 4. The normalized spacial score (nSPS) is 10.7. The molecule has 0 atom stereocenters. The quantitative estimate of drug-likeness (QED) is 0.881. The second-order valence-corrected chi connectivity index (χ2v) is 5.20. The topological polar surface area (TPSA) is 58.1 Å². The Labute approximate surface area is 130 Å². The maximum Gasteiger partial charge on any atom is 0.248 e. The molecule has 0 spiro atoms. The van der Waals surface area contributed by atoms with Crippen molar-refractivity contribution < 1.29 is 4.79 Å². The fourth-order valence-electron chi connectivity index (χ4n) is 1.98. The van der Waals surface area contributed by atoms with E-state index in [-0.39, 0.29) is 5.91 Å². The van der Waals surface area contributed by atoms with Gasteiger partial charge in [0.15, 0.2) is 0 Å². The minimum absolute atomic E-state index is 0.198. The second-order valence-electron chi connectivity index (χ2n) is 5.20. The van der Waals surface area contributed by atoms with Gasteiger partial charge in [0.2, 0.25) is 11.9 Å². The second kappa shape index (κ2) is 6.85. The number of carbonyl (C=O) groups excluding carboxylic acids is 1. The van der Waals surface area contributed by atoms with E-state index in [1.165, 1.54) is 6.08 Å². The summed E-state index contributed by atoms with van der Waals surface area (Å²) >= 11 is 0. The highest BCUT2D eigenvalue weighted by Gasteiger charge is 2.11. The zero-order chi connectivity index (χ0) is 16.1. The van der Waals surface area contributed by atoms with Gasteiger partial charge in [-0.3, -0.25) is 4.79 Å². The average Bonchev–Trinajstić information content (AvgIpc) is 2.49. The van der Waals surface area contributed by atoms with Crippen LogP contribution in [0.4, 0.5) is 11.6 Å². The molecule has 1 N–H and O–H groups in total. The number of anilines is 2. The smallest absolute Gasteiger partial charge is 0.248 e. The third-order valence-corrected chi connectivity index (χ3v) is 3.13. The highest BCUT2D eigenvalue weighted by molar-refractivity contribution is 6.02. The van der Waals surface area contributed by atoms with Crippen molar-refractivity contribution in [2.24, 2.45) is 0 Å². The minimum atomic E-state index is -0.198. The Morgan fingerprint density at radius 1 is 1.09 bits per heavy atom. The molecule has 0 unspecified atom stereocenters. The largest absolute Gasteiger partial charge is 0.347 e. The molecule has 1 heterocycles. The number of aryl methyl sites for hydroxylation is 2. The zero-order valence-corrected chi connectivity index (χ0v) is 13.3. The van der Waals surface area contributed by atoms with E-state index in [1.807, 2.05) is 63.2 Å². The molecule has 5 nitrogen and oxygen atoms in total. The lowest BCUT2D eigenvalue weighted by molar-refractivity contribution is -0.111. The molecule has 1 aromatic heterocycles. The number of aromatic nitrogens is 2.